The third-order valence-electron chi connectivity index (χ3n) is 3.94. The van der Waals surface area contributed by atoms with Crippen molar-refractivity contribution in [1.82, 2.24) is 4.90 Å². The molecule has 2 atom stereocenters. The molecule has 1 aliphatic carbocycles. The maximum absolute atomic E-state index is 12.4. The van der Waals surface area contributed by atoms with Gasteiger partial charge < -0.3 is 10.0 Å². The number of likely N-dealkylation sites (tertiary alicyclic amines) is 1. The quantitative estimate of drug-likeness (QED) is 0.840. The molecule has 2 heterocycles. The molecule has 3 rings (SSSR count). The van der Waals surface area contributed by atoms with Gasteiger partial charge in [0.05, 0.1) is 16.4 Å². The van der Waals surface area contributed by atoms with Crippen molar-refractivity contribution in [2.75, 3.05) is 13.2 Å². The van der Waals surface area contributed by atoms with E-state index in [-0.39, 0.29) is 12.5 Å². The van der Waals surface area contributed by atoms with Crippen molar-refractivity contribution < 1.29 is 9.90 Å². The minimum Gasteiger partial charge on any atom is -0.395 e. The van der Waals surface area contributed by atoms with Gasteiger partial charge in [-0.25, -0.2) is 0 Å². The summed E-state index contributed by atoms with van der Waals surface area (Å²) in [7, 11) is 0. The highest BCUT2D eigenvalue weighted by molar-refractivity contribution is 7.14. The lowest BCUT2D eigenvalue weighted by atomic mass is 10.1. The molecular weight excluding hydrogens is 258 g/mol. The number of nitrogens with zero attached hydrogens (tertiary/aromatic N) is 1. The highest BCUT2D eigenvalue weighted by atomic mass is 32.1. The van der Waals surface area contributed by atoms with Crippen LogP contribution in [0.15, 0.2) is 12.1 Å². The van der Waals surface area contributed by atoms with Crippen molar-refractivity contribution >= 4 is 17.2 Å². The van der Waals surface area contributed by atoms with Crippen LogP contribution in [-0.2, 0) is 0 Å². The summed E-state index contributed by atoms with van der Waals surface area (Å²) >= 11 is 1.46. The second-order valence-corrected chi connectivity index (χ2v) is 6.31. The van der Waals surface area contributed by atoms with Gasteiger partial charge in [-0.1, -0.05) is 11.8 Å². The van der Waals surface area contributed by atoms with E-state index >= 15 is 0 Å². The largest absolute Gasteiger partial charge is 0.395 e. The number of hydrogen-bond donors (Lipinski definition) is 1. The summed E-state index contributed by atoms with van der Waals surface area (Å²) in [5.74, 6) is 6.78. The second-order valence-electron chi connectivity index (χ2n) is 5.23. The molecule has 3 nitrogen and oxygen atoms in total. The van der Waals surface area contributed by atoms with Gasteiger partial charge in [0.2, 0.25) is 0 Å². The first-order valence-corrected chi connectivity index (χ1v) is 7.60. The molecule has 1 amide bonds. The van der Waals surface area contributed by atoms with Crippen LogP contribution in [0.4, 0.5) is 0 Å². The summed E-state index contributed by atoms with van der Waals surface area (Å²) < 4.78 is 0. The average molecular weight is 275 g/mol. The predicted octanol–water partition coefficient (Wildman–Crippen LogP) is 2.11. The van der Waals surface area contributed by atoms with E-state index in [4.69, 9.17) is 5.11 Å². The molecule has 100 valence electrons. The molecule has 2 unspecified atom stereocenters. The van der Waals surface area contributed by atoms with Gasteiger partial charge in [-0.05, 0) is 37.3 Å². The van der Waals surface area contributed by atoms with Crippen LogP contribution >= 0.6 is 11.3 Å². The molecule has 2 bridgehead atoms. The number of rotatable bonds is 2. The van der Waals surface area contributed by atoms with E-state index in [1.54, 1.807) is 0 Å². The van der Waals surface area contributed by atoms with E-state index in [1.807, 2.05) is 17.0 Å². The SMILES string of the molecule is O=C(c1ccc(C#CCCO)s1)N1CC2CCC1C2. The lowest BCUT2D eigenvalue weighted by Gasteiger charge is -2.26. The van der Waals surface area contributed by atoms with Crippen molar-refractivity contribution in [3.63, 3.8) is 0 Å². The molecule has 0 spiro atoms. The van der Waals surface area contributed by atoms with Gasteiger partial charge in [0.1, 0.15) is 0 Å². The number of thiophene rings is 1. The maximum Gasteiger partial charge on any atom is 0.264 e. The number of carbonyl (C=O) groups is 1. The van der Waals surface area contributed by atoms with Crippen molar-refractivity contribution in [3.8, 4) is 11.8 Å². The molecule has 19 heavy (non-hydrogen) atoms. The van der Waals surface area contributed by atoms with Gasteiger partial charge in [0.15, 0.2) is 0 Å². The van der Waals surface area contributed by atoms with Crippen molar-refractivity contribution in [1.29, 1.82) is 0 Å². The van der Waals surface area contributed by atoms with Crippen LogP contribution < -0.4 is 0 Å². The molecule has 2 fully saturated rings. The molecule has 1 aliphatic heterocycles. The van der Waals surface area contributed by atoms with E-state index in [2.05, 4.69) is 11.8 Å². The van der Waals surface area contributed by atoms with Crippen LogP contribution in [0.1, 0.15) is 40.2 Å². The number of fused-ring (bicyclic) bond motifs is 2. The van der Waals surface area contributed by atoms with Crippen molar-refractivity contribution in [3.05, 3.63) is 21.9 Å². The van der Waals surface area contributed by atoms with Crippen molar-refractivity contribution in [2.24, 2.45) is 5.92 Å². The zero-order valence-electron chi connectivity index (χ0n) is 10.8. The van der Waals surface area contributed by atoms with Gasteiger partial charge in [0.25, 0.3) is 5.91 Å². The van der Waals surface area contributed by atoms with E-state index in [0.29, 0.717) is 12.5 Å². The zero-order valence-corrected chi connectivity index (χ0v) is 11.6. The van der Waals surface area contributed by atoms with Gasteiger partial charge in [-0.2, -0.15) is 0 Å². The van der Waals surface area contributed by atoms with Gasteiger partial charge in [-0.15, -0.1) is 11.3 Å². The summed E-state index contributed by atoms with van der Waals surface area (Å²) in [6, 6.07) is 4.25. The number of aliphatic hydroxyl groups is 1. The van der Waals surface area contributed by atoms with E-state index < -0.39 is 0 Å². The Morgan fingerprint density at radius 2 is 2.37 bits per heavy atom. The fourth-order valence-electron chi connectivity index (χ4n) is 3.04. The summed E-state index contributed by atoms with van der Waals surface area (Å²) in [6.07, 6.45) is 4.14. The van der Waals surface area contributed by atoms with Crippen molar-refractivity contribution in [2.45, 2.75) is 31.7 Å². The molecule has 2 aliphatic rings. The highest BCUT2D eigenvalue weighted by Crippen LogP contribution is 2.38. The Hall–Kier alpha value is -1.31. The first kappa shape index (κ1) is 12.7. The molecule has 0 radical (unpaired) electrons. The summed E-state index contributed by atoms with van der Waals surface area (Å²) in [5.41, 5.74) is 0. The lowest BCUT2D eigenvalue weighted by molar-refractivity contribution is 0.0708. The van der Waals surface area contributed by atoms with Gasteiger partial charge >= 0.3 is 0 Å². The van der Waals surface area contributed by atoms with Gasteiger partial charge in [0, 0.05) is 19.0 Å². The van der Waals surface area contributed by atoms with Crippen LogP contribution in [0.3, 0.4) is 0 Å². The molecule has 1 N–H and O–H groups in total. The molecule has 1 saturated carbocycles. The molecule has 1 saturated heterocycles. The van der Waals surface area contributed by atoms with Crippen LogP contribution in [-0.4, -0.2) is 35.1 Å². The number of aliphatic hydroxyl groups excluding tert-OH is 1. The normalized spacial score (nSPS) is 24.4. The van der Waals surface area contributed by atoms with Crippen LogP contribution in [0.2, 0.25) is 0 Å². The molecule has 0 aromatic carbocycles. The Morgan fingerprint density at radius 3 is 3.05 bits per heavy atom. The molecular formula is C15H17NO2S. The third kappa shape index (κ3) is 2.54. The Bertz CT molecular complexity index is 540. The number of hydrogen-bond acceptors (Lipinski definition) is 3. The van der Waals surface area contributed by atoms with E-state index in [1.165, 1.54) is 30.6 Å². The monoisotopic (exact) mass is 275 g/mol. The standard InChI is InChI=1S/C15H17NO2S/c17-8-2-1-3-13-6-7-14(19-13)15(18)16-10-11-4-5-12(16)9-11/h6-7,11-12,17H,2,4-5,8-10H2. The predicted molar refractivity (Wildman–Crippen MR) is 75.1 cm³/mol. The fraction of sp³-hybridized carbons (Fsp3) is 0.533. The summed E-state index contributed by atoms with van der Waals surface area (Å²) in [5, 5.41) is 8.68. The second kappa shape index (κ2) is 5.36. The van der Waals surface area contributed by atoms with Crippen LogP contribution in [0, 0.1) is 17.8 Å². The van der Waals surface area contributed by atoms with Crippen LogP contribution in [0.25, 0.3) is 0 Å². The number of piperidine rings is 1. The van der Waals surface area contributed by atoms with Gasteiger partial charge in [-0.3, -0.25) is 4.79 Å². The topological polar surface area (TPSA) is 40.5 Å². The smallest absolute Gasteiger partial charge is 0.264 e. The fourth-order valence-corrected chi connectivity index (χ4v) is 3.88. The van der Waals surface area contributed by atoms with E-state index in [0.717, 1.165) is 22.2 Å². The number of carbonyl (C=O) groups excluding carboxylic acids is 1. The number of amides is 1. The molecule has 1 aromatic rings. The van der Waals surface area contributed by atoms with Crippen LogP contribution in [0.5, 0.6) is 0 Å². The Balaban J connectivity index is 1.69. The minimum absolute atomic E-state index is 0.0843. The molecule has 1 aromatic heterocycles. The Kier molecular flexibility index (Phi) is 3.58. The summed E-state index contributed by atoms with van der Waals surface area (Å²) in [4.78, 5) is 16.2. The minimum atomic E-state index is 0.0843. The zero-order chi connectivity index (χ0) is 13.2. The Labute approximate surface area is 117 Å². The Morgan fingerprint density at radius 1 is 1.47 bits per heavy atom. The van der Waals surface area contributed by atoms with E-state index in [9.17, 15) is 4.79 Å². The average Bonchev–Trinajstić information content (AvgIpc) is 3.14. The first-order chi connectivity index (χ1) is 9.28. The molecule has 4 heteroatoms. The first-order valence-electron chi connectivity index (χ1n) is 6.78. The lowest BCUT2D eigenvalue weighted by Crippen LogP contribution is -2.37. The third-order valence-corrected chi connectivity index (χ3v) is 4.92. The summed E-state index contributed by atoms with van der Waals surface area (Å²) in [6.45, 7) is 1.02. The maximum atomic E-state index is 12.4. The highest BCUT2D eigenvalue weighted by Gasteiger charge is 2.40.